The zero-order chi connectivity index (χ0) is 28.4. The predicted octanol–water partition coefficient (Wildman–Crippen LogP) is 6.34. The number of halogens is 7. The average molecular weight is 547 g/mol. The first-order chi connectivity index (χ1) is 18.3. The second-order valence-corrected chi connectivity index (χ2v) is 8.49. The molecule has 0 bridgehead atoms. The van der Waals surface area contributed by atoms with Crippen LogP contribution in [0.5, 0.6) is 0 Å². The van der Waals surface area contributed by atoms with Crippen LogP contribution in [-0.2, 0) is 29.2 Å². The van der Waals surface area contributed by atoms with Gasteiger partial charge in [0.2, 0.25) is 0 Å². The molecule has 12 heteroatoms. The molecule has 1 aliphatic rings. The summed E-state index contributed by atoms with van der Waals surface area (Å²) in [7, 11) is 0. The summed E-state index contributed by atoms with van der Waals surface area (Å²) in [6.07, 6.45) is -7.75. The van der Waals surface area contributed by atoms with Crippen molar-refractivity contribution in [3.8, 4) is 18.1 Å². The fourth-order valence-electron chi connectivity index (χ4n) is 4.00. The Balaban J connectivity index is 1.65. The fraction of sp³-hybridized carbons (Fsp3) is 0.185. The quantitative estimate of drug-likeness (QED) is 0.307. The monoisotopic (exact) mass is 547 g/mol. The molecular weight excluding hydrogens is 531 g/mol. The van der Waals surface area contributed by atoms with E-state index in [1.165, 1.54) is 11.0 Å². The van der Waals surface area contributed by atoms with Crippen molar-refractivity contribution >= 4 is 11.7 Å². The molecule has 0 unspecified atom stereocenters. The molecule has 0 aromatic heterocycles. The minimum absolute atomic E-state index is 0.00711. The number of amides is 2. The highest BCUT2D eigenvalue weighted by atomic mass is 19.4. The number of anilines is 1. The van der Waals surface area contributed by atoms with Crippen LogP contribution in [-0.4, -0.2) is 12.6 Å². The Bertz CT molecular complexity index is 1470. The molecule has 1 fully saturated rings. The number of nitriles is 1. The number of hydrogen-bond acceptors (Lipinski definition) is 3. The van der Waals surface area contributed by atoms with Crippen LogP contribution in [0.3, 0.4) is 0 Å². The lowest BCUT2D eigenvalue weighted by molar-refractivity contribution is -0.143. The van der Waals surface area contributed by atoms with Crippen molar-refractivity contribution in [3.63, 3.8) is 0 Å². The summed E-state index contributed by atoms with van der Waals surface area (Å²) in [5.41, 5.74) is -4.35. The third-order valence-corrected chi connectivity index (χ3v) is 5.82. The Morgan fingerprint density at radius 2 is 1.59 bits per heavy atom. The molecule has 5 nitrogen and oxygen atoms in total. The first-order valence-electron chi connectivity index (χ1n) is 11.1. The third kappa shape index (κ3) is 5.91. The lowest BCUT2D eigenvalue weighted by atomic mass is 9.91. The second kappa shape index (κ2) is 10.2. The number of ether oxygens (including phenoxy) is 1. The van der Waals surface area contributed by atoms with Crippen LogP contribution in [0.2, 0.25) is 0 Å². The lowest BCUT2D eigenvalue weighted by Crippen LogP contribution is -2.39. The largest absolute Gasteiger partial charge is 0.442 e. The molecule has 1 atom stereocenters. The molecule has 200 valence electrons. The highest BCUT2D eigenvalue weighted by molar-refractivity contribution is 5.97. The molecule has 0 aliphatic carbocycles. The van der Waals surface area contributed by atoms with Gasteiger partial charge in [0.1, 0.15) is 30.1 Å². The van der Waals surface area contributed by atoms with E-state index >= 15 is 0 Å². The fourth-order valence-corrected chi connectivity index (χ4v) is 4.00. The van der Waals surface area contributed by atoms with E-state index in [-0.39, 0.29) is 23.9 Å². The van der Waals surface area contributed by atoms with Crippen LogP contribution in [0.25, 0.3) is 0 Å². The summed E-state index contributed by atoms with van der Waals surface area (Å²) in [4.78, 5) is 14.1. The molecule has 2 amide bonds. The highest BCUT2D eigenvalue weighted by Gasteiger charge is 2.44. The molecule has 1 aliphatic heterocycles. The Labute approximate surface area is 217 Å². The molecule has 39 heavy (non-hydrogen) atoms. The van der Waals surface area contributed by atoms with Gasteiger partial charge in [-0.25, -0.2) is 9.18 Å². The normalized spacial score (nSPS) is 17.2. The van der Waals surface area contributed by atoms with Gasteiger partial charge in [-0.1, -0.05) is 30.3 Å². The number of nitrogens with one attached hydrogen (secondary N) is 1. The van der Waals surface area contributed by atoms with Crippen LogP contribution in [0, 0.1) is 29.2 Å². The van der Waals surface area contributed by atoms with Crippen molar-refractivity contribution in [2.45, 2.75) is 24.5 Å². The van der Waals surface area contributed by atoms with Crippen LogP contribution >= 0.6 is 0 Å². The Morgan fingerprint density at radius 1 is 0.949 bits per heavy atom. The number of carbonyl (C=O) groups excluding carboxylic acids is 1. The average Bonchev–Trinajstić information content (AvgIpc) is 3.23. The summed E-state index contributed by atoms with van der Waals surface area (Å²) in [6, 6.07) is 13.8. The maximum atomic E-state index is 13.6. The molecule has 1 heterocycles. The molecule has 3 aromatic carbocycles. The van der Waals surface area contributed by atoms with Gasteiger partial charge in [-0.05, 0) is 53.4 Å². The zero-order valence-electron chi connectivity index (χ0n) is 19.6. The number of hydrogen-bond donors (Lipinski definition) is 1. The van der Waals surface area contributed by atoms with Crippen LogP contribution in [0.15, 0.2) is 66.7 Å². The van der Waals surface area contributed by atoms with Crippen LogP contribution in [0.1, 0.15) is 27.8 Å². The van der Waals surface area contributed by atoms with Gasteiger partial charge in [0.25, 0.3) is 0 Å². The second-order valence-electron chi connectivity index (χ2n) is 8.49. The maximum Gasteiger partial charge on any atom is 0.416 e. The SMILES string of the molecule is N#Cc1cc(F)ccc1N1C[C@@](C#COCc2cc(C(F)(F)F)cc(C(F)(F)F)c2)(c2ccccc2)NC1=O. The van der Waals surface area contributed by atoms with Gasteiger partial charge in [0, 0.05) is 0 Å². The van der Waals surface area contributed by atoms with Gasteiger partial charge in [-0.15, -0.1) is 0 Å². The van der Waals surface area contributed by atoms with Crippen LogP contribution < -0.4 is 10.2 Å². The van der Waals surface area contributed by atoms with Gasteiger partial charge >= 0.3 is 18.4 Å². The maximum absolute atomic E-state index is 13.6. The van der Waals surface area contributed by atoms with Crippen molar-refractivity contribution in [1.29, 1.82) is 5.26 Å². The Hall–Kier alpha value is -4.71. The number of alkyl halides is 6. The number of benzene rings is 3. The molecule has 1 saturated heterocycles. The van der Waals surface area contributed by atoms with Crippen molar-refractivity contribution in [3.05, 3.63) is 100 Å². The van der Waals surface area contributed by atoms with Gasteiger partial charge in [0.15, 0.2) is 0 Å². The molecule has 1 N–H and O–H groups in total. The van der Waals surface area contributed by atoms with E-state index in [1.54, 1.807) is 30.3 Å². The molecule has 3 aromatic rings. The van der Waals surface area contributed by atoms with Crippen LogP contribution in [0.4, 0.5) is 41.2 Å². The first-order valence-corrected chi connectivity index (χ1v) is 11.1. The van der Waals surface area contributed by atoms with Crippen molar-refractivity contribution < 1.29 is 40.3 Å². The van der Waals surface area contributed by atoms with E-state index in [0.29, 0.717) is 17.7 Å². The van der Waals surface area contributed by atoms with E-state index in [1.807, 2.05) is 6.07 Å². The predicted molar refractivity (Wildman–Crippen MR) is 124 cm³/mol. The Kier molecular flexibility index (Phi) is 7.16. The molecule has 4 rings (SSSR count). The van der Waals surface area contributed by atoms with E-state index < -0.39 is 53.0 Å². The smallest absolute Gasteiger partial charge is 0.416 e. The minimum atomic E-state index is -5.01. The lowest BCUT2D eigenvalue weighted by Gasteiger charge is -2.23. The molecule has 0 radical (unpaired) electrons. The summed E-state index contributed by atoms with van der Waals surface area (Å²) >= 11 is 0. The van der Waals surface area contributed by atoms with Crippen molar-refractivity contribution in [1.82, 2.24) is 5.32 Å². The summed E-state index contributed by atoms with van der Waals surface area (Å²) in [6.45, 7) is -0.882. The number of urea groups is 1. The van der Waals surface area contributed by atoms with Gasteiger partial charge in [-0.2, -0.15) is 31.6 Å². The minimum Gasteiger partial charge on any atom is -0.442 e. The van der Waals surface area contributed by atoms with Crippen molar-refractivity contribution in [2.24, 2.45) is 0 Å². The van der Waals surface area contributed by atoms with Crippen molar-refractivity contribution in [2.75, 3.05) is 11.4 Å². The van der Waals surface area contributed by atoms with E-state index in [2.05, 4.69) is 17.3 Å². The van der Waals surface area contributed by atoms with Gasteiger partial charge < -0.3 is 10.1 Å². The van der Waals surface area contributed by atoms with Gasteiger partial charge in [0.05, 0.1) is 28.9 Å². The highest BCUT2D eigenvalue weighted by Crippen LogP contribution is 2.37. The molecule has 0 saturated carbocycles. The molecule has 0 spiro atoms. The zero-order valence-corrected chi connectivity index (χ0v) is 19.6. The van der Waals surface area contributed by atoms with E-state index in [0.717, 1.165) is 12.1 Å². The van der Waals surface area contributed by atoms with E-state index in [4.69, 9.17) is 4.74 Å². The number of nitrogens with zero attached hydrogens (tertiary/aromatic N) is 2. The molecular formula is C27H16F7N3O2. The number of carbonyl (C=O) groups is 1. The summed E-state index contributed by atoms with van der Waals surface area (Å²) in [5.74, 6) is 2.02. The summed E-state index contributed by atoms with van der Waals surface area (Å²) < 4.78 is 97.6. The Morgan fingerprint density at radius 3 is 2.18 bits per heavy atom. The first kappa shape index (κ1) is 27.3. The summed E-state index contributed by atoms with van der Waals surface area (Å²) in [5, 5.41) is 12.1. The van der Waals surface area contributed by atoms with E-state index in [9.17, 15) is 40.8 Å². The standard InChI is InChI=1S/C27H16F7N3O2/c28-22-6-7-23(18(12-22)14-35)37-16-25(36-24(37)38,19-4-2-1-3-5-19)8-9-39-15-17-10-20(26(29,30)31)13-21(11-17)27(32,33)34/h1-7,10-13H,15-16H2,(H,36,38)/t25-/m0/s1. The third-order valence-electron chi connectivity index (χ3n) is 5.82. The van der Waals surface area contributed by atoms with Gasteiger partial charge in [-0.3, -0.25) is 4.90 Å². The topological polar surface area (TPSA) is 65.4 Å². The number of rotatable bonds is 4.